The molecule has 2 aromatic carbocycles. The van der Waals surface area contributed by atoms with Gasteiger partial charge in [0.15, 0.2) is 5.60 Å². The van der Waals surface area contributed by atoms with Gasteiger partial charge in [0.05, 0.1) is 0 Å². The molecule has 0 heterocycles. The van der Waals surface area contributed by atoms with Crippen LogP contribution in [-0.4, -0.2) is 17.2 Å². The molecule has 26 heavy (non-hydrogen) atoms. The molecule has 140 valence electrons. The van der Waals surface area contributed by atoms with Crippen LogP contribution in [0.1, 0.15) is 40.2 Å². The summed E-state index contributed by atoms with van der Waals surface area (Å²) < 4.78 is 11.4. The van der Waals surface area contributed by atoms with Crippen LogP contribution >= 0.6 is 27.7 Å². The zero-order valence-electron chi connectivity index (χ0n) is 15.8. The van der Waals surface area contributed by atoms with Gasteiger partial charge in [-0.05, 0) is 64.4 Å². The maximum Gasteiger partial charge on any atom is 0.350 e. The summed E-state index contributed by atoms with van der Waals surface area (Å²) >= 11 is 5.20. The molecular weight excluding hydrogens is 412 g/mol. The zero-order chi connectivity index (χ0) is 19.4. The van der Waals surface area contributed by atoms with Crippen molar-refractivity contribution in [2.45, 2.75) is 60.9 Å². The standard InChI is InChI=1S/C21H25BrO3S/c1-20(2,3)25-19(23)21(4,5)24-16-10-8-11-17(13-16)26-18-12-7-6-9-15(18)14-22/h6-13H,14H2,1-5H3. The molecule has 0 radical (unpaired) electrons. The van der Waals surface area contributed by atoms with Crippen LogP contribution in [-0.2, 0) is 14.9 Å². The fourth-order valence-corrected chi connectivity index (χ4v) is 3.85. The number of rotatable bonds is 6. The van der Waals surface area contributed by atoms with Crippen molar-refractivity contribution in [3.63, 3.8) is 0 Å². The summed E-state index contributed by atoms with van der Waals surface area (Å²) in [4.78, 5) is 14.6. The van der Waals surface area contributed by atoms with Crippen LogP contribution in [0.25, 0.3) is 0 Å². The lowest BCUT2D eigenvalue weighted by atomic mass is 10.1. The number of hydrogen-bond donors (Lipinski definition) is 0. The van der Waals surface area contributed by atoms with Crippen LogP contribution in [0.15, 0.2) is 58.3 Å². The first kappa shape index (κ1) is 20.8. The molecule has 2 aromatic rings. The second-order valence-corrected chi connectivity index (χ2v) is 9.11. The quantitative estimate of drug-likeness (QED) is 0.396. The summed E-state index contributed by atoms with van der Waals surface area (Å²) in [5.41, 5.74) is -0.378. The van der Waals surface area contributed by atoms with E-state index in [2.05, 4.69) is 28.1 Å². The van der Waals surface area contributed by atoms with E-state index in [1.807, 2.05) is 57.2 Å². The summed E-state index contributed by atoms with van der Waals surface area (Å²) in [6.45, 7) is 8.99. The van der Waals surface area contributed by atoms with Crippen LogP contribution in [0.5, 0.6) is 5.75 Å². The predicted molar refractivity (Wildman–Crippen MR) is 110 cm³/mol. The van der Waals surface area contributed by atoms with Gasteiger partial charge < -0.3 is 9.47 Å². The first-order chi connectivity index (χ1) is 12.1. The van der Waals surface area contributed by atoms with Crippen molar-refractivity contribution >= 4 is 33.7 Å². The third-order valence-electron chi connectivity index (χ3n) is 3.41. The van der Waals surface area contributed by atoms with Gasteiger partial charge in [-0.15, -0.1) is 0 Å². The van der Waals surface area contributed by atoms with Gasteiger partial charge in [0, 0.05) is 15.1 Å². The molecule has 0 N–H and O–H groups in total. The second kappa shape index (κ2) is 8.49. The lowest BCUT2D eigenvalue weighted by Gasteiger charge is -2.29. The van der Waals surface area contributed by atoms with Crippen molar-refractivity contribution in [1.82, 2.24) is 0 Å². The summed E-state index contributed by atoms with van der Waals surface area (Å²) in [6.07, 6.45) is 0. The molecule has 0 unspecified atom stereocenters. The summed E-state index contributed by atoms with van der Waals surface area (Å²) in [6, 6.07) is 16.0. The van der Waals surface area contributed by atoms with Gasteiger partial charge in [0.25, 0.3) is 0 Å². The molecule has 3 nitrogen and oxygen atoms in total. The van der Waals surface area contributed by atoms with Crippen LogP contribution < -0.4 is 4.74 Å². The third kappa shape index (κ3) is 6.06. The highest BCUT2D eigenvalue weighted by molar-refractivity contribution is 9.08. The van der Waals surface area contributed by atoms with Gasteiger partial charge >= 0.3 is 5.97 Å². The molecule has 0 saturated carbocycles. The fourth-order valence-electron chi connectivity index (χ4n) is 2.18. The first-order valence-corrected chi connectivity index (χ1v) is 10.4. The molecule has 0 aliphatic carbocycles. The first-order valence-electron chi connectivity index (χ1n) is 8.45. The molecule has 0 bridgehead atoms. The maximum atomic E-state index is 12.4. The Labute approximate surface area is 168 Å². The predicted octanol–water partition coefficient (Wildman–Crippen LogP) is 6.23. The van der Waals surface area contributed by atoms with Crippen molar-refractivity contribution in [1.29, 1.82) is 0 Å². The Morgan fingerprint density at radius 1 is 1.04 bits per heavy atom. The number of alkyl halides is 1. The van der Waals surface area contributed by atoms with Crippen molar-refractivity contribution in [3.8, 4) is 5.75 Å². The monoisotopic (exact) mass is 436 g/mol. The van der Waals surface area contributed by atoms with Gasteiger partial charge in [-0.25, -0.2) is 4.79 Å². The number of ether oxygens (including phenoxy) is 2. The van der Waals surface area contributed by atoms with Crippen molar-refractivity contribution in [2.75, 3.05) is 0 Å². The Kier molecular flexibility index (Phi) is 6.80. The number of benzene rings is 2. The van der Waals surface area contributed by atoms with E-state index in [-0.39, 0.29) is 5.97 Å². The molecule has 0 atom stereocenters. The maximum absolute atomic E-state index is 12.4. The minimum atomic E-state index is -1.07. The zero-order valence-corrected chi connectivity index (χ0v) is 18.2. The molecule has 5 heteroatoms. The Bertz CT molecular complexity index is 766. The number of halogens is 1. The molecule has 0 spiro atoms. The molecule has 0 aromatic heterocycles. The molecule has 0 aliphatic heterocycles. The Hall–Kier alpha value is -1.46. The van der Waals surface area contributed by atoms with Crippen molar-refractivity contribution in [3.05, 3.63) is 54.1 Å². The Morgan fingerprint density at radius 3 is 2.38 bits per heavy atom. The van der Waals surface area contributed by atoms with E-state index < -0.39 is 11.2 Å². The Morgan fingerprint density at radius 2 is 1.73 bits per heavy atom. The highest BCUT2D eigenvalue weighted by atomic mass is 79.9. The molecule has 0 fully saturated rings. The van der Waals surface area contributed by atoms with Gasteiger partial charge in [0.2, 0.25) is 0 Å². The van der Waals surface area contributed by atoms with Crippen molar-refractivity contribution < 1.29 is 14.3 Å². The molecule has 0 saturated heterocycles. The SMILES string of the molecule is CC(C)(C)OC(=O)C(C)(C)Oc1cccc(Sc2ccccc2CBr)c1. The van der Waals surface area contributed by atoms with Crippen LogP contribution in [0.4, 0.5) is 0 Å². The van der Waals surface area contributed by atoms with Gasteiger partial charge in [-0.1, -0.05) is 52.0 Å². The van der Waals surface area contributed by atoms with Crippen LogP contribution in [0.3, 0.4) is 0 Å². The Balaban J connectivity index is 2.15. The van der Waals surface area contributed by atoms with E-state index in [9.17, 15) is 4.79 Å². The summed E-state index contributed by atoms with van der Waals surface area (Å²) in [5.74, 6) is 0.259. The second-order valence-electron chi connectivity index (χ2n) is 7.43. The van der Waals surface area contributed by atoms with E-state index in [0.29, 0.717) is 5.75 Å². The molecule has 2 rings (SSSR count). The number of esters is 1. The lowest BCUT2D eigenvalue weighted by Crippen LogP contribution is -2.43. The fraction of sp³-hybridized carbons (Fsp3) is 0.381. The number of carbonyl (C=O) groups excluding carboxylic acids is 1. The average molecular weight is 437 g/mol. The smallest absolute Gasteiger partial charge is 0.350 e. The van der Waals surface area contributed by atoms with E-state index in [1.54, 1.807) is 25.6 Å². The van der Waals surface area contributed by atoms with Crippen molar-refractivity contribution in [2.24, 2.45) is 0 Å². The van der Waals surface area contributed by atoms with Crippen LogP contribution in [0, 0.1) is 0 Å². The average Bonchev–Trinajstić information content (AvgIpc) is 2.53. The minimum Gasteiger partial charge on any atom is -0.476 e. The highest BCUT2D eigenvalue weighted by Crippen LogP contribution is 2.34. The van der Waals surface area contributed by atoms with Gasteiger partial charge in [-0.2, -0.15) is 0 Å². The topological polar surface area (TPSA) is 35.5 Å². The molecule has 0 amide bonds. The lowest BCUT2D eigenvalue weighted by molar-refractivity contribution is -0.170. The summed E-state index contributed by atoms with van der Waals surface area (Å²) in [7, 11) is 0. The van der Waals surface area contributed by atoms with E-state index in [0.717, 1.165) is 10.2 Å². The minimum absolute atomic E-state index is 0.382. The van der Waals surface area contributed by atoms with Crippen LogP contribution in [0.2, 0.25) is 0 Å². The van der Waals surface area contributed by atoms with Gasteiger partial charge in [0.1, 0.15) is 11.4 Å². The normalized spacial score (nSPS) is 11.9. The third-order valence-corrected chi connectivity index (χ3v) is 5.13. The number of carbonyl (C=O) groups is 1. The molecule has 0 aliphatic rings. The van der Waals surface area contributed by atoms with E-state index in [4.69, 9.17) is 9.47 Å². The molecular formula is C21H25BrO3S. The van der Waals surface area contributed by atoms with E-state index >= 15 is 0 Å². The number of hydrogen-bond acceptors (Lipinski definition) is 4. The highest BCUT2D eigenvalue weighted by Gasteiger charge is 2.34. The largest absolute Gasteiger partial charge is 0.476 e. The van der Waals surface area contributed by atoms with Gasteiger partial charge in [-0.3, -0.25) is 0 Å². The summed E-state index contributed by atoms with van der Waals surface area (Å²) in [5, 5.41) is 0.804. The van der Waals surface area contributed by atoms with E-state index in [1.165, 1.54) is 10.5 Å².